The molecule has 1 aromatic heterocycles. The average molecular weight is 375 g/mol. The summed E-state index contributed by atoms with van der Waals surface area (Å²) in [6.07, 6.45) is 2.24. The molecule has 2 heterocycles. The molecule has 8 heteroatoms. The number of hydrogen-bond donors (Lipinski definition) is 1. The zero-order chi connectivity index (χ0) is 19.3. The van der Waals surface area contributed by atoms with Crippen LogP contribution in [0.5, 0.6) is 0 Å². The van der Waals surface area contributed by atoms with E-state index in [-0.39, 0.29) is 24.1 Å². The normalized spacial score (nSPS) is 21.5. The minimum atomic E-state index is -0.972. The van der Waals surface area contributed by atoms with Gasteiger partial charge >= 0.3 is 5.97 Å². The summed E-state index contributed by atoms with van der Waals surface area (Å²) >= 11 is 0. The maximum atomic E-state index is 13.6. The predicted molar refractivity (Wildman–Crippen MR) is 91.7 cm³/mol. The Labute approximate surface area is 154 Å². The van der Waals surface area contributed by atoms with Crippen LogP contribution in [0.2, 0.25) is 0 Å². The lowest BCUT2D eigenvalue weighted by Crippen LogP contribution is -2.31. The molecular weight excluding hydrogens is 356 g/mol. The molecule has 0 spiro atoms. The van der Waals surface area contributed by atoms with Crippen LogP contribution in [0.4, 0.5) is 8.78 Å². The molecule has 2 aromatic rings. The summed E-state index contributed by atoms with van der Waals surface area (Å²) in [5.41, 5.74) is 2.29. The summed E-state index contributed by atoms with van der Waals surface area (Å²) in [5.74, 6) is -3.84. The van der Waals surface area contributed by atoms with Gasteiger partial charge in [0, 0.05) is 30.4 Å². The molecule has 1 fully saturated rings. The third-order valence-electron chi connectivity index (χ3n) is 5.50. The first-order chi connectivity index (χ1) is 12.9. The van der Waals surface area contributed by atoms with Gasteiger partial charge in [0.05, 0.1) is 11.6 Å². The highest BCUT2D eigenvalue weighted by molar-refractivity contribution is 5.95. The molecule has 27 heavy (non-hydrogen) atoms. The van der Waals surface area contributed by atoms with Crippen LogP contribution in [0.1, 0.15) is 35.1 Å². The van der Waals surface area contributed by atoms with Crippen molar-refractivity contribution in [1.82, 2.24) is 14.7 Å². The summed E-state index contributed by atoms with van der Waals surface area (Å²) in [4.78, 5) is 25.9. The Bertz CT molecular complexity index is 941. The quantitative estimate of drug-likeness (QED) is 0.894. The molecule has 0 saturated carbocycles. The number of hydrogen-bond acceptors (Lipinski definition) is 3. The van der Waals surface area contributed by atoms with Gasteiger partial charge in [0.15, 0.2) is 17.3 Å². The number of aromatic nitrogens is 2. The molecule has 1 aliphatic carbocycles. The molecule has 6 nitrogen and oxygen atoms in total. The first-order valence-corrected chi connectivity index (χ1v) is 8.95. The van der Waals surface area contributed by atoms with E-state index < -0.39 is 23.5 Å². The number of nitrogens with zero attached hydrogens (tertiary/aromatic N) is 3. The number of carboxylic acids is 1. The highest BCUT2D eigenvalue weighted by Crippen LogP contribution is 2.31. The molecule has 1 aliphatic heterocycles. The molecule has 2 atom stereocenters. The number of fused-ring (bicyclic) bond motifs is 1. The van der Waals surface area contributed by atoms with Crippen LogP contribution in [0.25, 0.3) is 5.69 Å². The molecule has 1 saturated heterocycles. The highest BCUT2D eigenvalue weighted by Gasteiger charge is 2.39. The van der Waals surface area contributed by atoms with Gasteiger partial charge in [-0.1, -0.05) is 6.92 Å². The second kappa shape index (κ2) is 6.44. The maximum absolute atomic E-state index is 13.6. The third kappa shape index (κ3) is 2.89. The molecular formula is C19H19F2N3O3. The lowest BCUT2D eigenvalue weighted by Gasteiger charge is -2.15. The first-order valence-electron chi connectivity index (χ1n) is 8.95. The maximum Gasteiger partial charge on any atom is 0.308 e. The van der Waals surface area contributed by atoms with Crippen molar-refractivity contribution >= 4 is 11.9 Å². The fourth-order valence-electron chi connectivity index (χ4n) is 4.04. The van der Waals surface area contributed by atoms with E-state index in [9.17, 15) is 23.5 Å². The number of carbonyl (C=O) groups is 2. The van der Waals surface area contributed by atoms with Gasteiger partial charge in [0.1, 0.15) is 0 Å². The second-order valence-corrected chi connectivity index (χ2v) is 7.27. The van der Waals surface area contributed by atoms with Crippen LogP contribution < -0.4 is 0 Å². The zero-order valence-corrected chi connectivity index (χ0v) is 14.8. The summed E-state index contributed by atoms with van der Waals surface area (Å²) < 4.78 is 28.4. The van der Waals surface area contributed by atoms with Crippen LogP contribution in [-0.4, -0.2) is 44.8 Å². The number of aliphatic carboxylic acids is 1. The minimum absolute atomic E-state index is 0.132. The van der Waals surface area contributed by atoms with Gasteiger partial charge in [0.25, 0.3) is 5.91 Å². The molecule has 1 aromatic carbocycles. The van der Waals surface area contributed by atoms with Crippen molar-refractivity contribution in [3.05, 3.63) is 46.8 Å². The van der Waals surface area contributed by atoms with Crippen molar-refractivity contribution in [3.63, 3.8) is 0 Å². The summed E-state index contributed by atoms with van der Waals surface area (Å²) in [5, 5.41) is 13.7. The fourth-order valence-corrected chi connectivity index (χ4v) is 4.04. The van der Waals surface area contributed by atoms with Gasteiger partial charge in [-0.05, 0) is 37.3 Å². The SMILES string of the molecule is C[C@@H]1CN(C(=O)c2nn(-c3ccc(F)c(F)c3)c3c2CCC3)C[C@H]1C(=O)O. The number of amides is 1. The second-order valence-electron chi connectivity index (χ2n) is 7.27. The monoisotopic (exact) mass is 375 g/mol. The van der Waals surface area contributed by atoms with Gasteiger partial charge in [-0.15, -0.1) is 0 Å². The molecule has 0 bridgehead atoms. The van der Waals surface area contributed by atoms with Gasteiger partial charge in [-0.3, -0.25) is 9.59 Å². The zero-order valence-electron chi connectivity index (χ0n) is 14.8. The number of likely N-dealkylation sites (tertiary alicyclic amines) is 1. The summed E-state index contributed by atoms with van der Waals surface area (Å²) in [6, 6.07) is 3.53. The lowest BCUT2D eigenvalue weighted by atomic mass is 9.99. The highest BCUT2D eigenvalue weighted by atomic mass is 19.2. The number of carbonyl (C=O) groups excluding carboxylic acids is 1. The smallest absolute Gasteiger partial charge is 0.308 e. The molecule has 142 valence electrons. The standard InChI is InChI=1S/C19H19F2N3O3/c1-10-8-23(9-13(10)19(26)27)18(25)17-12-3-2-4-16(12)24(22-17)11-5-6-14(20)15(21)7-11/h5-7,10,13H,2-4,8-9H2,1H3,(H,26,27)/t10-,13-/m1/s1. The van der Waals surface area contributed by atoms with Crippen LogP contribution in [0.3, 0.4) is 0 Å². The Morgan fingerprint density at radius 2 is 1.96 bits per heavy atom. The van der Waals surface area contributed by atoms with E-state index in [0.717, 1.165) is 29.8 Å². The van der Waals surface area contributed by atoms with E-state index in [4.69, 9.17) is 0 Å². The van der Waals surface area contributed by atoms with Crippen molar-refractivity contribution in [2.45, 2.75) is 26.2 Å². The van der Waals surface area contributed by atoms with Crippen LogP contribution in [0, 0.1) is 23.5 Å². The Hall–Kier alpha value is -2.77. The Balaban J connectivity index is 1.69. The van der Waals surface area contributed by atoms with Crippen molar-refractivity contribution in [2.24, 2.45) is 11.8 Å². The van der Waals surface area contributed by atoms with Crippen LogP contribution >= 0.6 is 0 Å². The predicted octanol–water partition coefficient (Wildman–Crippen LogP) is 2.43. The largest absolute Gasteiger partial charge is 0.481 e. The Kier molecular flexibility index (Phi) is 4.20. The van der Waals surface area contributed by atoms with Crippen molar-refractivity contribution in [3.8, 4) is 5.69 Å². The number of halogens is 2. The summed E-state index contributed by atoms with van der Waals surface area (Å²) in [7, 11) is 0. The summed E-state index contributed by atoms with van der Waals surface area (Å²) in [6.45, 7) is 2.33. The Morgan fingerprint density at radius 3 is 2.63 bits per heavy atom. The van der Waals surface area contributed by atoms with E-state index in [1.807, 2.05) is 6.92 Å². The fraction of sp³-hybridized carbons (Fsp3) is 0.421. The van der Waals surface area contributed by atoms with Crippen molar-refractivity contribution in [2.75, 3.05) is 13.1 Å². The molecule has 1 N–H and O–H groups in total. The number of benzene rings is 1. The lowest BCUT2D eigenvalue weighted by molar-refractivity contribution is -0.142. The van der Waals surface area contributed by atoms with Gasteiger partial charge in [-0.2, -0.15) is 5.10 Å². The van der Waals surface area contributed by atoms with Gasteiger partial charge in [-0.25, -0.2) is 13.5 Å². The van der Waals surface area contributed by atoms with E-state index >= 15 is 0 Å². The Morgan fingerprint density at radius 1 is 1.19 bits per heavy atom. The number of carboxylic acid groups (broad SMARTS) is 1. The molecule has 0 radical (unpaired) electrons. The van der Waals surface area contributed by atoms with Crippen LogP contribution in [0.15, 0.2) is 18.2 Å². The molecule has 4 rings (SSSR count). The topological polar surface area (TPSA) is 75.4 Å². The average Bonchev–Trinajstić information content (AvgIpc) is 3.31. The minimum Gasteiger partial charge on any atom is -0.481 e. The number of rotatable bonds is 3. The van der Waals surface area contributed by atoms with Crippen molar-refractivity contribution in [1.29, 1.82) is 0 Å². The van der Waals surface area contributed by atoms with E-state index in [0.29, 0.717) is 25.1 Å². The third-order valence-corrected chi connectivity index (χ3v) is 5.50. The first kappa shape index (κ1) is 17.6. The van der Waals surface area contributed by atoms with Crippen molar-refractivity contribution < 1.29 is 23.5 Å². The van der Waals surface area contributed by atoms with E-state index in [1.54, 1.807) is 0 Å². The van der Waals surface area contributed by atoms with Crippen LogP contribution in [-0.2, 0) is 17.6 Å². The van der Waals surface area contributed by atoms with Gasteiger partial charge in [0.2, 0.25) is 0 Å². The molecule has 1 amide bonds. The molecule has 2 aliphatic rings. The molecule has 0 unspecified atom stereocenters. The van der Waals surface area contributed by atoms with Gasteiger partial charge < -0.3 is 10.0 Å². The van der Waals surface area contributed by atoms with E-state index in [1.165, 1.54) is 15.6 Å². The van der Waals surface area contributed by atoms with E-state index in [2.05, 4.69) is 5.10 Å².